The summed E-state index contributed by atoms with van der Waals surface area (Å²) in [7, 11) is 3.50. The molecule has 6 nitrogen and oxygen atoms in total. The number of likely N-dealkylation sites (tertiary alicyclic amines) is 1. The highest BCUT2D eigenvalue weighted by molar-refractivity contribution is 5.88. The molecule has 2 fully saturated rings. The lowest BCUT2D eigenvalue weighted by Gasteiger charge is -2.31. The summed E-state index contributed by atoms with van der Waals surface area (Å²) in [5.41, 5.74) is 0. The maximum atomic E-state index is 12.3. The zero-order chi connectivity index (χ0) is 13.8. The smallest absolute Gasteiger partial charge is 0.244 e. The minimum absolute atomic E-state index is 0.0474. The second-order valence-corrected chi connectivity index (χ2v) is 5.50. The molecule has 6 heteroatoms. The van der Waals surface area contributed by atoms with Gasteiger partial charge in [-0.05, 0) is 12.8 Å². The van der Waals surface area contributed by atoms with Gasteiger partial charge in [-0.25, -0.2) is 0 Å². The van der Waals surface area contributed by atoms with Crippen LogP contribution < -0.4 is 5.32 Å². The van der Waals surface area contributed by atoms with E-state index >= 15 is 0 Å². The monoisotopic (exact) mass is 268 g/mol. The molecule has 2 rings (SSSR count). The van der Waals surface area contributed by atoms with Crippen molar-refractivity contribution in [3.8, 4) is 0 Å². The van der Waals surface area contributed by atoms with Crippen LogP contribution in [-0.4, -0.2) is 85.9 Å². The van der Waals surface area contributed by atoms with Crippen molar-refractivity contribution in [3.63, 3.8) is 0 Å². The molecule has 2 heterocycles. The second kappa shape index (κ2) is 6.34. The molecule has 0 aromatic carbocycles. The van der Waals surface area contributed by atoms with Gasteiger partial charge in [0.05, 0.1) is 6.54 Å². The first kappa shape index (κ1) is 14.3. The van der Waals surface area contributed by atoms with Crippen molar-refractivity contribution in [1.82, 2.24) is 20.0 Å². The van der Waals surface area contributed by atoms with E-state index in [1.54, 1.807) is 23.9 Å². The fraction of sp³-hybridized carbons (Fsp3) is 0.846. The van der Waals surface area contributed by atoms with Crippen LogP contribution in [0.25, 0.3) is 0 Å². The molecule has 2 amide bonds. The van der Waals surface area contributed by atoms with E-state index in [9.17, 15) is 9.59 Å². The van der Waals surface area contributed by atoms with Gasteiger partial charge in [-0.3, -0.25) is 14.5 Å². The van der Waals surface area contributed by atoms with Gasteiger partial charge >= 0.3 is 0 Å². The molecule has 0 saturated carbocycles. The number of amides is 2. The lowest BCUT2D eigenvalue weighted by Crippen LogP contribution is -2.51. The van der Waals surface area contributed by atoms with E-state index in [-0.39, 0.29) is 17.9 Å². The molecule has 19 heavy (non-hydrogen) atoms. The Morgan fingerprint density at radius 1 is 1.21 bits per heavy atom. The SMILES string of the molecule is CN(C)C(=O)C1CCCN1C(=O)CN1CCNCC1. The van der Waals surface area contributed by atoms with Crippen molar-refractivity contribution in [1.29, 1.82) is 0 Å². The van der Waals surface area contributed by atoms with Crippen LogP contribution in [0.15, 0.2) is 0 Å². The maximum absolute atomic E-state index is 12.3. The van der Waals surface area contributed by atoms with Gasteiger partial charge in [-0.2, -0.15) is 0 Å². The number of nitrogens with one attached hydrogen (secondary N) is 1. The molecule has 0 spiro atoms. The number of piperazine rings is 1. The van der Waals surface area contributed by atoms with Crippen LogP contribution in [-0.2, 0) is 9.59 Å². The van der Waals surface area contributed by atoms with Gasteiger partial charge in [0, 0.05) is 46.8 Å². The summed E-state index contributed by atoms with van der Waals surface area (Å²) in [6.07, 6.45) is 1.72. The molecule has 1 atom stereocenters. The molecule has 1 unspecified atom stereocenters. The Hall–Kier alpha value is -1.14. The third-order valence-corrected chi connectivity index (χ3v) is 3.87. The summed E-state index contributed by atoms with van der Waals surface area (Å²) in [6.45, 7) is 4.85. The Labute approximate surface area is 114 Å². The van der Waals surface area contributed by atoms with Gasteiger partial charge in [0.15, 0.2) is 0 Å². The van der Waals surface area contributed by atoms with Crippen LogP contribution in [0.4, 0.5) is 0 Å². The van der Waals surface area contributed by atoms with Crippen LogP contribution in [0.2, 0.25) is 0 Å². The Bertz CT molecular complexity index is 340. The molecule has 108 valence electrons. The van der Waals surface area contributed by atoms with Crippen LogP contribution in [0, 0.1) is 0 Å². The number of hydrogen-bond acceptors (Lipinski definition) is 4. The van der Waals surface area contributed by atoms with Crippen LogP contribution in [0.5, 0.6) is 0 Å². The minimum atomic E-state index is -0.245. The van der Waals surface area contributed by atoms with Gasteiger partial charge in [0.2, 0.25) is 11.8 Å². The molecule has 0 aliphatic carbocycles. The Morgan fingerprint density at radius 2 is 1.89 bits per heavy atom. The minimum Gasteiger partial charge on any atom is -0.347 e. The topological polar surface area (TPSA) is 55.9 Å². The Balaban J connectivity index is 1.91. The number of nitrogens with zero attached hydrogens (tertiary/aromatic N) is 3. The van der Waals surface area contributed by atoms with Gasteiger partial charge in [-0.15, -0.1) is 0 Å². The van der Waals surface area contributed by atoms with Gasteiger partial charge in [0.25, 0.3) is 0 Å². The number of carbonyl (C=O) groups excluding carboxylic acids is 2. The summed E-state index contributed by atoms with van der Waals surface area (Å²) >= 11 is 0. The van der Waals surface area contributed by atoms with E-state index in [1.165, 1.54) is 0 Å². The first-order valence-corrected chi connectivity index (χ1v) is 7.03. The molecule has 1 N–H and O–H groups in total. The normalized spacial score (nSPS) is 24.5. The summed E-state index contributed by atoms with van der Waals surface area (Å²) in [6, 6.07) is -0.245. The number of hydrogen-bond donors (Lipinski definition) is 1. The number of rotatable bonds is 3. The summed E-state index contributed by atoms with van der Waals surface area (Å²) in [4.78, 5) is 29.9. The van der Waals surface area contributed by atoms with Crippen LogP contribution in [0.1, 0.15) is 12.8 Å². The predicted octanol–water partition coefficient (Wildman–Crippen LogP) is -1.03. The van der Waals surface area contributed by atoms with Gasteiger partial charge < -0.3 is 15.1 Å². The first-order chi connectivity index (χ1) is 9.09. The zero-order valence-electron chi connectivity index (χ0n) is 11.9. The van der Waals surface area contributed by atoms with Crippen molar-refractivity contribution >= 4 is 11.8 Å². The van der Waals surface area contributed by atoms with Gasteiger partial charge in [0.1, 0.15) is 6.04 Å². The third-order valence-electron chi connectivity index (χ3n) is 3.87. The molecule has 2 saturated heterocycles. The fourth-order valence-electron chi connectivity index (χ4n) is 2.77. The average molecular weight is 268 g/mol. The average Bonchev–Trinajstić information content (AvgIpc) is 2.88. The fourth-order valence-corrected chi connectivity index (χ4v) is 2.77. The highest BCUT2D eigenvalue weighted by Crippen LogP contribution is 2.19. The predicted molar refractivity (Wildman–Crippen MR) is 72.7 cm³/mol. The summed E-state index contributed by atoms with van der Waals surface area (Å²) < 4.78 is 0. The van der Waals surface area contributed by atoms with Crippen molar-refractivity contribution in [2.24, 2.45) is 0 Å². The largest absolute Gasteiger partial charge is 0.347 e. The standard InChI is InChI=1S/C13H24N4O2/c1-15(2)13(19)11-4-3-7-17(11)12(18)10-16-8-5-14-6-9-16/h11,14H,3-10H2,1-2H3. The molecular weight excluding hydrogens is 244 g/mol. The molecule has 0 bridgehead atoms. The second-order valence-electron chi connectivity index (χ2n) is 5.50. The van der Waals surface area contributed by atoms with Crippen molar-refractivity contribution < 1.29 is 9.59 Å². The highest BCUT2D eigenvalue weighted by Gasteiger charge is 2.35. The van der Waals surface area contributed by atoms with E-state index in [1.807, 2.05) is 0 Å². The van der Waals surface area contributed by atoms with Crippen molar-refractivity contribution in [3.05, 3.63) is 0 Å². The quantitative estimate of drug-likeness (QED) is 0.711. The molecular formula is C13H24N4O2. The highest BCUT2D eigenvalue weighted by atomic mass is 16.2. The Kier molecular flexibility index (Phi) is 4.76. The maximum Gasteiger partial charge on any atom is 0.244 e. The summed E-state index contributed by atoms with van der Waals surface area (Å²) in [5.74, 6) is 0.144. The molecule has 0 aromatic heterocycles. The Morgan fingerprint density at radius 3 is 2.53 bits per heavy atom. The van der Waals surface area contributed by atoms with E-state index in [2.05, 4.69) is 10.2 Å². The van der Waals surface area contributed by atoms with E-state index in [0.29, 0.717) is 6.54 Å². The number of likely N-dealkylation sites (N-methyl/N-ethyl adjacent to an activating group) is 1. The van der Waals surface area contributed by atoms with E-state index in [4.69, 9.17) is 0 Å². The van der Waals surface area contributed by atoms with E-state index < -0.39 is 0 Å². The van der Waals surface area contributed by atoms with Gasteiger partial charge in [-0.1, -0.05) is 0 Å². The molecule has 0 aromatic rings. The van der Waals surface area contributed by atoms with Crippen LogP contribution in [0.3, 0.4) is 0 Å². The third kappa shape index (κ3) is 3.45. The van der Waals surface area contributed by atoms with Crippen molar-refractivity contribution in [2.75, 3.05) is 53.4 Å². The number of carbonyl (C=O) groups is 2. The van der Waals surface area contributed by atoms with Crippen LogP contribution >= 0.6 is 0 Å². The summed E-state index contributed by atoms with van der Waals surface area (Å²) in [5, 5.41) is 3.27. The first-order valence-electron chi connectivity index (χ1n) is 7.03. The lowest BCUT2D eigenvalue weighted by atomic mass is 10.2. The molecule has 2 aliphatic rings. The van der Waals surface area contributed by atoms with E-state index in [0.717, 1.165) is 45.6 Å². The van der Waals surface area contributed by atoms with Crippen molar-refractivity contribution in [2.45, 2.75) is 18.9 Å². The molecule has 2 aliphatic heterocycles. The molecule has 0 radical (unpaired) electrons. The lowest BCUT2D eigenvalue weighted by molar-refractivity contribution is -0.143. The zero-order valence-corrected chi connectivity index (χ0v) is 11.9.